The minimum absolute atomic E-state index is 0.0687. The average Bonchev–Trinajstić information content (AvgIpc) is 3.64. The summed E-state index contributed by atoms with van der Waals surface area (Å²) < 4.78 is 63.6. The highest BCUT2D eigenvalue weighted by Gasteiger charge is 2.55. The fourth-order valence-corrected chi connectivity index (χ4v) is 12.8. The minimum Gasteiger partial charge on any atom is -0.484 e. The normalized spacial score (nSPS) is 27.0. The van der Waals surface area contributed by atoms with Crippen LogP contribution in [0, 0.1) is 0 Å². The topological polar surface area (TPSA) is 114 Å². The maximum absolute atomic E-state index is 12.3. The molecule has 0 spiro atoms. The zero-order valence-corrected chi connectivity index (χ0v) is 39.3. The van der Waals surface area contributed by atoms with E-state index in [1.165, 1.54) is 12.5 Å². The van der Waals surface area contributed by atoms with Crippen LogP contribution in [0.15, 0.2) is 82.6 Å². The molecule has 0 amide bonds. The van der Waals surface area contributed by atoms with Crippen molar-refractivity contribution in [3.8, 4) is 11.5 Å². The molecule has 6 unspecified atom stereocenters. The number of sulfone groups is 2. The van der Waals surface area contributed by atoms with E-state index in [1.807, 2.05) is 12.1 Å². The first kappa shape index (κ1) is 45.0. The third kappa shape index (κ3) is 9.46. The third-order valence-electron chi connectivity index (χ3n) is 13.1. The number of benzene rings is 4. The number of hydrogen-bond donors (Lipinski definition) is 2. The number of nitrogens with zero attached hydrogens (tertiary/aromatic N) is 2. The van der Waals surface area contributed by atoms with Crippen molar-refractivity contribution in [1.29, 1.82) is 0 Å². The first-order chi connectivity index (χ1) is 29.0. The molecule has 2 fully saturated rings. The summed E-state index contributed by atoms with van der Waals surface area (Å²) in [5.74, 6) is 1.14. The number of piperidine rings is 1. The molecule has 2 saturated heterocycles. The number of fused-ring (bicyclic) bond motifs is 2. The predicted octanol–water partition coefficient (Wildman–Crippen LogP) is 8.85. The van der Waals surface area contributed by atoms with E-state index in [0.717, 1.165) is 93.6 Å². The Kier molecular flexibility index (Phi) is 13.1. The van der Waals surface area contributed by atoms with Crippen molar-refractivity contribution in [2.75, 3.05) is 51.8 Å². The standard InChI is InChI=1S/C45H53Cl4N4O6S2/c1-4-15-45(16-5-19-52(28-45)41-26-35-37(22-29(46)24-39(35)48)43(41)58-31-7-11-33(12-8-31)60(2,54)55)51-53(20-6-17-50-18-21-53)42-27-36-38(23-30(47)25-40(36)49)44(42)59-32-9-13-34(14-10-32)61(3,56)57/h7-14,22-25,41-44,50-51H,4-6,15-21,26-28H2,1-3H3/q+1. The highest BCUT2D eigenvalue weighted by atomic mass is 35.5. The summed E-state index contributed by atoms with van der Waals surface area (Å²) in [4.78, 5) is 3.03. The van der Waals surface area contributed by atoms with Crippen molar-refractivity contribution in [2.24, 2.45) is 0 Å². The zero-order chi connectivity index (χ0) is 43.3. The number of halogens is 4. The molecule has 2 aliphatic heterocycles. The molecule has 0 radical (unpaired) electrons. The molecule has 0 aromatic heterocycles. The fraction of sp³-hybridized carbons (Fsp3) is 0.467. The maximum Gasteiger partial charge on any atom is 0.178 e. The molecular weight excluding hydrogens is 898 g/mol. The van der Waals surface area contributed by atoms with E-state index in [1.54, 1.807) is 60.7 Å². The van der Waals surface area contributed by atoms with Gasteiger partial charge in [0.05, 0.1) is 27.9 Å². The lowest BCUT2D eigenvalue weighted by Crippen LogP contribution is -2.75. The Morgan fingerprint density at radius 3 is 1.89 bits per heavy atom. The first-order valence-corrected chi connectivity index (χ1v) is 26.3. The summed E-state index contributed by atoms with van der Waals surface area (Å²) in [6.45, 7) is 7.23. The van der Waals surface area contributed by atoms with E-state index >= 15 is 0 Å². The molecule has 0 bridgehead atoms. The van der Waals surface area contributed by atoms with Crippen LogP contribution < -0.4 is 20.2 Å². The van der Waals surface area contributed by atoms with Gasteiger partial charge in [0.25, 0.3) is 0 Å². The second-order valence-corrected chi connectivity index (χ2v) is 23.0. The summed E-state index contributed by atoms with van der Waals surface area (Å²) in [7, 11) is -6.76. The molecule has 61 heavy (non-hydrogen) atoms. The lowest BCUT2D eigenvalue weighted by Gasteiger charge is -2.53. The largest absolute Gasteiger partial charge is 0.484 e. The number of nitrogens with one attached hydrogen (secondary N) is 2. The van der Waals surface area contributed by atoms with Crippen LogP contribution >= 0.6 is 46.4 Å². The Morgan fingerprint density at radius 2 is 1.31 bits per heavy atom. The van der Waals surface area contributed by atoms with Crippen LogP contribution in [0.25, 0.3) is 0 Å². The SMILES string of the molecule is CCCC1(N[N+]2(C3Cc4c(Cl)cc(Cl)cc4C3Oc3ccc(S(C)(=O)=O)cc3)CCCNCC2)CCCN(C2Cc3c(Cl)cc(Cl)cc3C2Oc2ccc(S(C)(=O)=O)cc2)C1. The molecule has 10 nitrogen and oxygen atoms in total. The summed E-state index contributed by atoms with van der Waals surface area (Å²) in [6.07, 6.45) is 7.69. The van der Waals surface area contributed by atoms with E-state index in [-0.39, 0.29) is 27.4 Å². The van der Waals surface area contributed by atoms with Gasteiger partial charge >= 0.3 is 0 Å². The van der Waals surface area contributed by atoms with Gasteiger partial charge in [-0.15, -0.1) is 0 Å². The van der Waals surface area contributed by atoms with Crippen LogP contribution in [-0.4, -0.2) is 95.7 Å². The summed E-state index contributed by atoms with van der Waals surface area (Å²) in [5.41, 5.74) is 8.06. The van der Waals surface area contributed by atoms with Gasteiger partial charge in [-0.25, -0.2) is 21.4 Å². The Balaban J connectivity index is 1.15. The minimum atomic E-state index is -3.39. The lowest BCUT2D eigenvalue weighted by atomic mass is 9.84. The summed E-state index contributed by atoms with van der Waals surface area (Å²) in [6, 6.07) is 20.6. The molecule has 4 aliphatic rings. The highest BCUT2D eigenvalue weighted by molar-refractivity contribution is 7.91. The molecule has 4 aromatic rings. The monoisotopic (exact) mass is 949 g/mol. The molecule has 2 aliphatic carbocycles. The molecular formula is C45H53Cl4N4O6S2+. The van der Waals surface area contributed by atoms with Gasteiger partial charge in [-0.3, -0.25) is 4.90 Å². The van der Waals surface area contributed by atoms with Gasteiger partial charge in [0.1, 0.15) is 24.1 Å². The van der Waals surface area contributed by atoms with Crippen LogP contribution in [0.2, 0.25) is 20.1 Å². The van der Waals surface area contributed by atoms with Crippen LogP contribution in [0.1, 0.15) is 73.5 Å². The van der Waals surface area contributed by atoms with E-state index < -0.39 is 31.9 Å². The molecule has 6 atom stereocenters. The van der Waals surface area contributed by atoms with Gasteiger partial charge in [-0.2, -0.15) is 5.43 Å². The number of ether oxygens (including phenoxy) is 2. The van der Waals surface area contributed by atoms with Crippen molar-refractivity contribution in [1.82, 2.24) is 15.6 Å². The summed E-state index contributed by atoms with van der Waals surface area (Å²) in [5, 5.41) is 5.96. The molecule has 2 heterocycles. The third-order valence-corrected chi connectivity index (χ3v) is 16.4. The van der Waals surface area contributed by atoms with Crippen molar-refractivity contribution >= 4 is 66.1 Å². The van der Waals surface area contributed by atoms with Crippen LogP contribution in [0.4, 0.5) is 0 Å². The lowest BCUT2D eigenvalue weighted by molar-refractivity contribution is -0.997. The molecule has 8 rings (SSSR count). The second kappa shape index (κ2) is 17.7. The van der Waals surface area contributed by atoms with Gasteiger partial charge in [0.15, 0.2) is 31.8 Å². The molecule has 0 saturated carbocycles. The Hall–Kier alpha value is -2.62. The van der Waals surface area contributed by atoms with Crippen molar-refractivity contribution < 1.29 is 30.9 Å². The molecule has 16 heteroatoms. The fourth-order valence-electron chi connectivity index (χ4n) is 10.4. The quantitative estimate of drug-likeness (QED) is 0.135. The summed E-state index contributed by atoms with van der Waals surface area (Å²) >= 11 is 27.3. The molecule has 328 valence electrons. The predicted molar refractivity (Wildman–Crippen MR) is 243 cm³/mol. The first-order valence-electron chi connectivity index (χ1n) is 21.0. The average molecular weight is 952 g/mol. The van der Waals surface area contributed by atoms with Crippen molar-refractivity contribution in [3.05, 3.63) is 115 Å². The second-order valence-electron chi connectivity index (χ2n) is 17.3. The molecule has 4 aromatic carbocycles. The van der Waals surface area contributed by atoms with Gasteiger partial charge in [-0.05, 0) is 116 Å². The Bertz CT molecular complexity index is 2480. The zero-order valence-electron chi connectivity index (χ0n) is 34.6. The Labute approximate surface area is 380 Å². The van der Waals surface area contributed by atoms with Crippen LogP contribution in [0.5, 0.6) is 11.5 Å². The number of quaternary nitrogens is 1. The Morgan fingerprint density at radius 1 is 0.754 bits per heavy atom. The van der Waals surface area contributed by atoms with Crippen LogP contribution in [0.3, 0.4) is 0 Å². The van der Waals surface area contributed by atoms with Gasteiger partial charge < -0.3 is 14.8 Å². The smallest absolute Gasteiger partial charge is 0.178 e. The number of rotatable bonds is 12. The van der Waals surface area contributed by atoms with E-state index in [0.29, 0.717) is 49.0 Å². The van der Waals surface area contributed by atoms with E-state index in [2.05, 4.69) is 22.6 Å². The number of likely N-dealkylation sites (tertiary alicyclic amines) is 1. The maximum atomic E-state index is 12.3. The van der Waals surface area contributed by atoms with Crippen molar-refractivity contribution in [3.63, 3.8) is 0 Å². The molecule has 2 N–H and O–H groups in total. The van der Waals surface area contributed by atoms with Gasteiger partial charge in [-0.1, -0.05) is 59.7 Å². The highest BCUT2D eigenvalue weighted by Crippen LogP contribution is 2.47. The van der Waals surface area contributed by atoms with Gasteiger partial charge in [0.2, 0.25) is 0 Å². The number of hydrogen-bond acceptors (Lipinski definition) is 9. The van der Waals surface area contributed by atoms with E-state index in [9.17, 15) is 16.8 Å². The van der Waals surface area contributed by atoms with E-state index in [4.69, 9.17) is 55.9 Å². The van der Waals surface area contributed by atoms with Crippen molar-refractivity contribution in [2.45, 2.75) is 91.5 Å². The van der Waals surface area contributed by atoms with Crippen LogP contribution in [-0.2, 0) is 32.5 Å². The van der Waals surface area contributed by atoms with Gasteiger partial charge in [0, 0.05) is 76.2 Å².